The van der Waals surface area contributed by atoms with Crippen LogP contribution in [0.1, 0.15) is 21.5 Å². The number of aryl methyl sites for hydroxylation is 1. The number of carbonyl (C=O) groups excluding carboxylic acids is 1. The van der Waals surface area contributed by atoms with E-state index in [0.717, 1.165) is 11.5 Å². The van der Waals surface area contributed by atoms with Crippen molar-refractivity contribution in [2.75, 3.05) is 13.2 Å². The van der Waals surface area contributed by atoms with Crippen molar-refractivity contribution in [3.05, 3.63) is 132 Å². The van der Waals surface area contributed by atoms with Crippen molar-refractivity contribution in [2.24, 2.45) is 0 Å². The predicted octanol–water partition coefficient (Wildman–Crippen LogP) is 6.92. The van der Waals surface area contributed by atoms with E-state index in [0.29, 0.717) is 18.7 Å². The van der Waals surface area contributed by atoms with Crippen LogP contribution in [0.3, 0.4) is 0 Å². The van der Waals surface area contributed by atoms with Gasteiger partial charge in [0, 0.05) is 16.2 Å². The Hall–Kier alpha value is -3.57. The highest BCUT2D eigenvalue weighted by Crippen LogP contribution is 2.24. The average Bonchev–Trinajstić information content (AvgIpc) is 2.88. The number of hydrogen-bond donors (Lipinski definition) is 1. The zero-order valence-electron chi connectivity index (χ0n) is 19.1. The SMILES string of the molecule is Cc1ccccc1.O=C(NCCOc1ccc(SCc2ccccc2)cc1)c1ccc(F)cc1. The lowest BCUT2D eigenvalue weighted by Gasteiger charge is -2.09. The molecule has 0 heterocycles. The number of halogens is 1. The van der Waals surface area contributed by atoms with Gasteiger partial charge in [-0.05, 0) is 61.0 Å². The van der Waals surface area contributed by atoms with Crippen LogP contribution in [0.5, 0.6) is 5.75 Å². The lowest BCUT2D eigenvalue weighted by atomic mass is 10.2. The van der Waals surface area contributed by atoms with Gasteiger partial charge < -0.3 is 10.1 Å². The molecule has 5 heteroatoms. The fourth-order valence-corrected chi connectivity index (χ4v) is 3.80. The summed E-state index contributed by atoms with van der Waals surface area (Å²) in [7, 11) is 0. The molecule has 4 aromatic rings. The first kappa shape index (κ1) is 25.1. The van der Waals surface area contributed by atoms with Gasteiger partial charge in [-0.3, -0.25) is 4.79 Å². The van der Waals surface area contributed by atoms with Gasteiger partial charge in [-0.1, -0.05) is 66.2 Å². The number of nitrogens with one attached hydrogen (secondary N) is 1. The molecule has 0 saturated heterocycles. The highest BCUT2D eigenvalue weighted by Gasteiger charge is 2.05. The molecule has 0 aliphatic carbocycles. The molecule has 1 amide bonds. The third-order valence-corrected chi connectivity index (χ3v) is 5.86. The molecule has 0 aliphatic heterocycles. The van der Waals surface area contributed by atoms with E-state index in [1.165, 1.54) is 40.3 Å². The van der Waals surface area contributed by atoms with E-state index in [-0.39, 0.29) is 11.7 Å². The second kappa shape index (κ2) is 13.9. The number of benzene rings is 4. The van der Waals surface area contributed by atoms with Crippen LogP contribution in [-0.2, 0) is 5.75 Å². The van der Waals surface area contributed by atoms with Gasteiger partial charge in [0.2, 0.25) is 0 Å². The molecule has 3 nitrogen and oxygen atoms in total. The Labute approximate surface area is 205 Å². The molecule has 0 spiro atoms. The normalized spacial score (nSPS) is 10.1. The Balaban J connectivity index is 0.000000396. The minimum Gasteiger partial charge on any atom is -0.492 e. The summed E-state index contributed by atoms with van der Waals surface area (Å²) in [6.45, 7) is 2.82. The second-order valence-electron chi connectivity index (χ2n) is 7.51. The summed E-state index contributed by atoms with van der Waals surface area (Å²) < 4.78 is 18.5. The van der Waals surface area contributed by atoms with Crippen molar-refractivity contribution in [3.8, 4) is 5.75 Å². The average molecular weight is 474 g/mol. The van der Waals surface area contributed by atoms with Gasteiger partial charge in [-0.2, -0.15) is 0 Å². The van der Waals surface area contributed by atoms with E-state index in [2.05, 4.69) is 36.5 Å². The summed E-state index contributed by atoms with van der Waals surface area (Å²) in [5.74, 6) is 1.08. The van der Waals surface area contributed by atoms with Crippen molar-refractivity contribution >= 4 is 17.7 Å². The van der Waals surface area contributed by atoms with Gasteiger partial charge in [0.15, 0.2) is 0 Å². The van der Waals surface area contributed by atoms with E-state index in [1.807, 2.05) is 60.7 Å². The first-order chi connectivity index (χ1) is 16.6. The Bertz CT molecular complexity index is 1120. The molecule has 0 fully saturated rings. The summed E-state index contributed by atoms with van der Waals surface area (Å²) in [6.07, 6.45) is 0. The van der Waals surface area contributed by atoms with Crippen molar-refractivity contribution in [1.82, 2.24) is 5.32 Å². The second-order valence-corrected chi connectivity index (χ2v) is 8.56. The van der Waals surface area contributed by atoms with Crippen molar-refractivity contribution in [3.63, 3.8) is 0 Å². The molecule has 0 saturated carbocycles. The van der Waals surface area contributed by atoms with E-state index >= 15 is 0 Å². The molecular formula is C29H28FNO2S. The highest BCUT2D eigenvalue weighted by molar-refractivity contribution is 7.98. The van der Waals surface area contributed by atoms with Gasteiger partial charge in [0.25, 0.3) is 5.91 Å². The molecule has 0 aromatic heterocycles. The minimum absolute atomic E-state index is 0.244. The minimum atomic E-state index is -0.361. The third-order valence-electron chi connectivity index (χ3n) is 4.78. The Morgan fingerprint density at radius 3 is 2.03 bits per heavy atom. The van der Waals surface area contributed by atoms with Crippen LogP contribution in [0.25, 0.3) is 0 Å². The lowest BCUT2D eigenvalue weighted by molar-refractivity contribution is 0.0947. The fraction of sp³-hybridized carbons (Fsp3) is 0.138. The number of rotatable bonds is 8. The fourth-order valence-electron chi connectivity index (χ4n) is 2.94. The summed E-state index contributed by atoms with van der Waals surface area (Å²) in [5.41, 5.74) is 3.04. The molecule has 1 N–H and O–H groups in total. The van der Waals surface area contributed by atoms with Crippen LogP contribution >= 0.6 is 11.8 Å². The topological polar surface area (TPSA) is 38.3 Å². The van der Waals surface area contributed by atoms with Crippen LogP contribution in [-0.4, -0.2) is 19.1 Å². The number of hydrogen-bond acceptors (Lipinski definition) is 3. The van der Waals surface area contributed by atoms with E-state index in [1.54, 1.807) is 11.8 Å². The quantitative estimate of drug-likeness (QED) is 0.223. The number of thioether (sulfide) groups is 1. The molecule has 0 unspecified atom stereocenters. The molecule has 0 atom stereocenters. The number of amides is 1. The smallest absolute Gasteiger partial charge is 0.251 e. The number of carbonyl (C=O) groups is 1. The summed E-state index contributed by atoms with van der Waals surface area (Å²) in [6, 6.07) is 33.9. The van der Waals surface area contributed by atoms with Crippen LogP contribution in [0.15, 0.2) is 114 Å². The Kier molecular flexibility index (Phi) is 10.2. The van der Waals surface area contributed by atoms with Crippen LogP contribution in [0.2, 0.25) is 0 Å². The maximum Gasteiger partial charge on any atom is 0.251 e. The molecule has 4 aromatic carbocycles. The van der Waals surface area contributed by atoms with E-state index < -0.39 is 0 Å². The van der Waals surface area contributed by atoms with Gasteiger partial charge in [-0.25, -0.2) is 4.39 Å². The molecule has 0 aliphatic rings. The highest BCUT2D eigenvalue weighted by atomic mass is 32.2. The number of ether oxygens (including phenoxy) is 1. The van der Waals surface area contributed by atoms with E-state index in [9.17, 15) is 9.18 Å². The summed E-state index contributed by atoms with van der Waals surface area (Å²) >= 11 is 1.77. The summed E-state index contributed by atoms with van der Waals surface area (Å²) in [4.78, 5) is 13.1. The molecule has 34 heavy (non-hydrogen) atoms. The van der Waals surface area contributed by atoms with Crippen LogP contribution in [0, 0.1) is 12.7 Å². The summed E-state index contributed by atoms with van der Waals surface area (Å²) in [5, 5.41) is 2.75. The molecule has 0 bridgehead atoms. The van der Waals surface area contributed by atoms with Crippen molar-refractivity contribution < 1.29 is 13.9 Å². The maximum atomic E-state index is 12.9. The van der Waals surface area contributed by atoms with E-state index in [4.69, 9.17) is 4.74 Å². The lowest BCUT2D eigenvalue weighted by Crippen LogP contribution is -2.28. The van der Waals surface area contributed by atoms with Gasteiger partial charge in [0.05, 0.1) is 6.54 Å². The molecule has 4 rings (SSSR count). The third kappa shape index (κ3) is 9.12. The van der Waals surface area contributed by atoms with Crippen molar-refractivity contribution in [2.45, 2.75) is 17.6 Å². The first-order valence-electron chi connectivity index (χ1n) is 11.0. The first-order valence-corrected chi connectivity index (χ1v) is 12.0. The van der Waals surface area contributed by atoms with Gasteiger partial charge >= 0.3 is 0 Å². The largest absolute Gasteiger partial charge is 0.492 e. The van der Waals surface area contributed by atoms with Gasteiger partial charge in [-0.15, -0.1) is 11.8 Å². The van der Waals surface area contributed by atoms with Crippen LogP contribution in [0.4, 0.5) is 4.39 Å². The Morgan fingerprint density at radius 1 is 0.824 bits per heavy atom. The monoisotopic (exact) mass is 473 g/mol. The molecule has 0 radical (unpaired) electrons. The van der Waals surface area contributed by atoms with Crippen LogP contribution < -0.4 is 10.1 Å². The zero-order valence-corrected chi connectivity index (χ0v) is 19.9. The van der Waals surface area contributed by atoms with Gasteiger partial charge in [0.1, 0.15) is 18.2 Å². The maximum absolute atomic E-state index is 12.9. The standard InChI is InChI=1S/C22H20FNO2S.C7H8/c23-19-8-6-18(7-9-19)22(25)24-14-15-26-20-10-12-21(13-11-20)27-16-17-4-2-1-3-5-17;1-7-5-3-2-4-6-7/h1-13H,14-16H2,(H,24,25);2-6H,1H3. The molecule has 174 valence electrons. The Morgan fingerprint density at radius 2 is 1.44 bits per heavy atom. The van der Waals surface area contributed by atoms with Crippen molar-refractivity contribution in [1.29, 1.82) is 0 Å². The molecular weight excluding hydrogens is 445 g/mol. The predicted molar refractivity (Wildman–Crippen MR) is 138 cm³/mol. The zero-order chi connectivity index (χ0) is 24.0.